The van der Waals surface area contributed by atoms with Gasteiger partial charge < -0.3 is 10.2 Å². The van der Waals surface area contributed by atoms with Crippen molar-refractivity contribution in [3.63, 3.8) is 0 Å². The van der Waals surface area contributed by atoms with Crippen molar-refractivity contribution in [2.24, 2.45) is 0 Å². The Morgan fingerprint density at radius 2 is 1.67 bits per heavy atom. The van der Waals surface area contributed by atoms with Gasteiger partial charge in [0.1, 0.15) is 0 Å². The number of hydrogen-bond acceptors (Lipinski definition) is 6. The van der Waals surface area contributed by atoms with E-state index in [-0.39, 0.29) is 21.9 Å². The van der Waals surface area contributed by atoms with Crippen LogP contribution in [0.5, 0.6) is 0 Å². The summed E-state index contributed by atoms with van der Waals surface area (Å²) in [6.07, 6.45) is 3.13. The Bertz CT molecular complexity index is 1220. The number of carbonyl (C=O) groups is 1. The highest BCUT2D eigenvalue weighted by Crippen LogP contribution is 2.28. The van der Waals surface area contributed by atoms with Crippen LogP contribution in [0.3, 0.4) is 0 Å². The smallest absolute Gasteiger partial charge is 0.253 e. The number of hydrogen-bond donors (Lipinski definition) is 2. The van der Waals surface area contributed by atoms with Crippen molar-refractivity contribution in [3.05, 3.63) is 53.6 Å². The van der Waals surface area contributed by atoms with E-state index in [9.17, 15) is 21.6 Å². The van der Waals surface area contributed by atoms with E-state index < -0.39 is 26.0 Å². The van der Waals surface area contributed by atoms with Gasteiger partial charge in [-0.05, 0) is 62.2 Å². The van der Waals surface area contributed by atoms with Gasteiger partial charge in [-0.25, -0.2) is 25.9 Å². The number of benzene rings is 2. The van der Waals surface area contributed by atoms with E-state index in [2.05, 4.69) is 14.9 Å². The summed E-state index contributed by atoms with van der Waals surface area (Å²) in [5.41, 5.74) is 1.58. The zero-order valence-corrected chi connectivity index (χ0v) is 20.7. The lowest BCUT2D eigenvalue weighted by Gasteiger charge is -2.30. The fraction of sp³-hybridized carbons (Fsp3) is 0.409. The maximum atomic E-state index is 13.2. The van der Waals surface area contributed by atoms with Crippen LogP contribution >= 0.6 is 0 Å². The second kappa shape index (κ2) is 10.2. The van der Waals surface area contributed by atoms with E-state index in [0.29, 0.717) is 11.3 Å². The minimum absolute atomic E-state index is 0.0421. The molecule has 1 fully saturated rings. The number of nitrogens with zero attached hydrogens (tertiary/aromatic N) is 2. The highest BCUT2D eigenvalue weighted by molar-refractivity contribution is 7.89. The summed E-state index contributed by atoms with van der Waals surface area (Å²) >= 11 is 0. The van der Waals surface area contributed by atoms with Crippen LogP contribution in [0.25, 0.3) is 0 Å². The van der Waals surface area contributed by atoms with Crippen molar-refractivity contribution in [3.8, 4) is 0 Å². The van der Waals surface area contributed by atoms with Gasteiger partial charge in [0.25, 0.3) is 5.91 Å². The van der Waals surface area contributed by atoms with Crippen molar-refractivity contribution in [2.45, 2.75) is 35.6 Å². The van der Waals surface area contributed by atoms with E-state index in [1.165, 1.54) is 45.4 Å². The maximum Gasteiger partial charge on any atom is 0.253 e. The van der Waals surface area contributed by atoms with Crippen LogP contribution in [-0.4, -0.2) is 61.3 Å². The minimum Gasteiger partial charge on any atom is -0.371 e. The number of amides is 1. The molecular weight excluding hydrogens is 464 g/mol. The largest absolute Gasteiger partial charge is 0.371 e. The van der Waals surface area contributed by atoms with Crippen LogP contribution in [-0.2, 0) is 26.6 Å². The second-order valence-corrected chi connectivity index (χ2v) is 12.1. The monoisotopic (exact) mass is 494 g/mol. The van der Waals surface area contributed by atoms with Crippen LogP contribution in [0.1, 0.15) is 35.2 Å². The SMILES string of the molecule is CNS(=O)(=O)c1cccc(CNC(=O)c2cc(S(=O)(=O)N(C)C)ccc2N2CCCCC2)c1. The van der Waals surface area contributed by atoms with Crippen LogP contribution in [0.4, 0.5) is 5.69 Å². The Hall–Kier alpha value is -2.47. The second-order valence-electron chi connectivity index (χ2n) is 8.05. The number of nitrogens with one attached hydrogen (secondary N) is 2. The van der Waals surface area contributed by atoms with Crippen LogP contribution in [0, 0.1) is 0 Å². The maximum absolute atomic E-state index is 13.2. The van der Waals surface area contributed by atoms with Crippen molar-refractivity contribution < 1.29 is 21.6 Å². The number of anilines is 1. The first-order valence-electron chi connectivity index (χ1n) is 10.7. The standard InChI is InChI=1S/C22H30N4O5S2/c1-23-32(28,29)18-9-7-8-17(14-18)16-24-22(27)20-15-19(33(30,31)25(2)3)10-11-21(20)26-12-5-4-6-13-26/h7-11,14-15,23H,4-6,12-13,16H2,1-3H3,(H,24,27). The van der Waals surface area contributed by atoms with Crippen molar-refractivity contribution in [1.82, 2.24) is 14.3 Å². The van der Waals surface area contributed by atoms with Crippen LogP contribution in [0.15, 0.2) is 52.3 Å². The average molecular weight is 495 g/mol. The van der Waals surface area contributed by atoms with Gasteiger partial charge in [0.05, 0.1) is 15.4 Å². The third-order valence-electron chi connectivity index (χ3n) is 5.62. The average Bonchev–Trinajstić information content (AvgIpc) is 2.82. The molecule has 9 nitrogen and oxygen atoms in total. The highest BCUT2D eigenvalue weighted by atomic mass is 32.2. The van der Waals surface area contributed by atoms with E-state index in [1.807, 2.05) is 0 Å². The first kappa shape index (κ1) is 25.2. The molecule has 1 heterocycles. The van der Waals surface area contributed by atoms with Crippen molar-refractivity contribution in [2.75, 3.05) is 39.1 Å². The molecule has 0 radical (unpaired) electrons. The molecule has 0 aliphatic carbocycles. The molecule has 1 aliphatic heterocycles. The predicted molar refractivity (Wildman–Crippen MR) is 127 cm³/mol. The molecule has 180 valence electrons. The minimum atomic E-state index is -3.71. The lowest BCUT2D eigenvalue weighted by molar-refractivity contribution is 0.0951. The molecule has 3 rings (SSSR count). The Labute approximate surface area is 195 Å². The number of carbonyl (C=O) groups excluding carboxylic acids is 1. The normalized spacial score (nSPS) is 15.0. The van der Waals surface area contributed by atoms with E-state index in [1.54, 1.807) is 18.2 Å². The summed E-state index contributed by atoms with van der Waals surface area (Å²) in [5.74, 6) is -0.423. The molecule has 1 aliphatic rings. The van der Waals surface area contributed by atoms with E-state index in [4.69, 9.17) is 0 Å². The Morgan fingerprint density at radius 1 is 0.970 bits per heavy atom. The lowest BCUT2D eigenvalue weighted by Crippen LogP contribution is -2.33. The summed E-state index contributed by atoms with van der Waals surface area (Å²) in [4.78, 5) is 15.4. The van der Waals surface area contributed by atoms with E-state index >= 15 is 0 Å². The zero-order chi connectivity index (χ0) is 24.2. The van der Waals surface area contributed by atoms with Crippen LogP contribution < -0.4 is 14.9 Å². The van der Waals surface area contributed by atoms with Gasteiger partial charge in [0.2, 0.25) is 20.0 Å². The lowest BCUT2D eigenvalue weighted by atomic mass is 10.1. The third-order valence-corrected chi connectivity index (χ3v) is 8.84. The topological polar surface area (TPSA) is 116 Å². The van der Waals surface area contributed by atoms with Gasteiger partial charge in [-0.15, -0.1) is 0 Å². The molecule has 0 saturated carbocycles. The molecule has 0 spiro atoms. The summed E-state index contributed by atoms with van der Waals surface area (Å²) in [7, 11) is -3.09. The molecule has 2 aromatic rings. The molecule has 0 unspecified atom stereocenters. The third kappa shape index (κ3) is 5.72. The molecule has 0 bridgehead atoms. The van der Waals surface area contributed by atoms with Crippen molar-refractivity contribution in [1.29, 1.82) is 0 Å². The molecule has 11 heteroatoms. The molecule has 2 aromatic carbocycles. The van der Waals surface area contributed by atoms with Gasteiger partial charge in [0.15, 0.2) is 0 Å². The van der Waals surface area contributed by atoms with Gasteiger partial charge >= 0.3 is 0 Å². The predicted octanol–water partition coefficient (Wildman–Crippen LogP) is 1.77. The number of rotatable bonds is 8. The Kier molecular flexibility index (Phi) is 7.78. The quantitative estimate of drug-likeness (QED) is 0.578. The summed E-state index contributed by atoms with van der Waals surface area (Å²) < 4.78 is 52.8. The van der Waals surface area contributed by atoms with E-state index in [0.717, 1.165) is 36.7 Å². The molecular formula is C22H30N4O5S2. The molecule has 2 N–H and O–H groups in total. The number of piperidine rings is 1. The van der Waals surface area contributed by atoms with Crippen molar-refractivity contribution >= 4 is 31.6 Å². The first-order chi connectivity index (χ1) is 15.6. The Morgan fingerprint density at radius 3 is 2.30 bits per heavy atom. The number of sulfonamides is 2. The fourth-order valence-electron chi connectivity index (χ4n) is 3.70. The summed E-state index contributed by atoms with van der Waals surface area (Å²) in [6.45, 7) is 1.68. The zero-order valence-electron chi connectivity index (χ0n) is 19.0. The first-order valence-corrected chi connectivity index (χ1v) is 13.6. The summed E-state index contributed by atoms with van der Waals surface area (Å²) in [6, 6.07) is 10.9. The summed E-state index contributed by atoms with van der Waals surface area (Å²) in [5, 5.41) is 2.81. The molecule has 0 atom stereocenters. The van der Waals surface area contributed by atoms with Gasteiger partial charge in [-0.2, -0.15) is 0 Å². The Balaban J connectivity index is 1.91. The van der Waals surface area contributed by atoms with Gasteiger partial charge in [0, 0.05) is 39.4 Å². The van der Waals surface area contributed by atoms with Crippen LogP contribution in [0.2, 0.25) is 0 Å². The molecule has 1 saturated heterocycles. The fourth-order valence-corrected chi connectivity index (χ4v) is 5.43. The van der Waals surface area contributed by atoms with Gasteiger partial charge in [-0.1, -0.05) is 12.1 Å². The molecule has 33 heavy (non-hydrogen) atoms. The molecule has 0 aromatic heterocycles. The molecule has 1 amide bonds. The van der Waals surface area contributed by atoms with Gasteiger partial charge in [-0.3, -0.25) is 4.79 Å². The highest BCUT2D eigenvalue weighted by Gasteiger charge is 2.24.